The summed E-state index contributed by atoms with van der Waals surface area (Å²) >= 11 is 0. The Kier molecular flexibility index (Phi) is 8.21. The molecule has 0 aliphatic heterocycles. The number of esters is 1. The van der Waals surface area contributed by atoms with E-state index in [1.54, 1.807) is 6.92 Å². The molecule has 1 N–H and O–H groups in total. The fourth-order valence-electron chi connectivity index (χ4n) is 2.95. The van der Waals surface area contributed by atoms with Gasteiger partial charge in [0.25, 0.3) is 0 Å². The molecule has 2 aromatic rings. The molecule has 0 radical (unpaired) electrons. The van der Waals surface area contributed by atoms with Gasteiger partial charge in [-0.05, 0) is 36.8 Å². The van der Waals surface area contributed by atoms with Gasteiger partial charge in [-0.3, -0.25) is 14.9 Å². The van der Waals surface area contributed by atoms with E-state index in [0.29, 0.717) is 18.8 Å². The van der Waals surface area contributed by atoms with Crippen LogP contribution in [0.25, 0.3) is 0 Å². The van der Waals surface area contributed by atoms with Gasteiger partial charge in [0.1, 0.15) is 18.4 Å². The molecule has 4 nitrogen and oxygen atoms in total. The number of benzene rings is 2. The Hall–Kier alpha value is -2.46. The highest BCUT2D eigenvalue weighted by Gasteiger charge is 2.26. The Morgan fingerprint density at radius 2 is 1.44 bits per heavy atom. The summed E-state index contributed by atoms with van der Waals surface area (Å²) in [6.45, 7) is 5.90. The average molecular weight is 367 g/mol. The van der Waals surface area contributed by atoms with Gasteiger partial charge in [0.15, 0.2) is 0 Å². The summed E-state index contributed by atoms with van der Waals surface area (Å²) in [5.74, 6) is 0.00596. The summed E-state index contributed by atoms with van der Waals surface area (Å²) in [5, 5.41) is 3.25. The minimum atomic E-state index is -0.508. The van der Waals surface area contributed by atoms with Gasteiger partial charge in [0.05, 0.1) is 6.04 Å². The summed E-state index contributed by atoms with van der Waals surface area (Å²) < 4.78 is 5.51. The predicted octanol–water partition coefficient (Wildman–Crippen LogP) is 3.93. The van der Waals surface area contributed by atoms with Crippen molar-refractivity contribution in [2.24, 2.45) is 5.92 Å². The molecular weight excluding hydrogens is 338 g/mol. The van der Waals surface area contributed by atoms with Gasteiger partial charge in [0.2, 0.25) is 0 Å². The summed E-state index contributed by atoms with van der Waals surface area (Å²) in [5.41, 5.74) is 2.01. The lowest BCUT2D eigenvalue weighted by atomic mass is 9.99. The Morgan fingerprint density at radius 3 is 1.96 bits per heavy atom. The van der Waals surface area contributed by atoms with Crippen molar-refractivity contribution in [3.63, 3.8) is 0 Å². The third-order valence-electron chi connectivity index (χ3n) is 4.39. The molecule has 2 rings (SSSR count). The first-order valence-electron chi connectivity index (χ1n) is 9.46. The van der Waals surface area contributed by atoms with Crippen LogP contribution in [-0.2, 0) is 27.4 Å². The van der Waals surface area contributed by atoms with E-state index >= 15 is 0 Å². The largest absolute Gasteiger partial charge is 0.460 e. The highest BCUT2D eigenvalue weighted by Crippen LogP contribution is 2.12. The van der Waals surface area contributed by atoms with E-state index in [4.69, 9.17) is 4.74 Å². The molecule has 2 atom stereocenters. The van der Waals surface area contributed by atoms with Gasteiger partial charge >= 0.3 is 5.97 Å². The molecule has 0 bridgehead atoms. The number of ether oxygens (including phenoxy) is 1. The van der Waals surface area contributed by atoms with Crippen molar-refractivity contribution < 1.29 is 14.3 Å². The maximum Gasteiger partial charge on any atom is 0.323 e. The molecule has 0 saturated heterocycles. The van der Waals surface area contributed by atoms with Crippen molar-refractivity contribution in [2.45, 2.75) is 52.3 Å². The average Bonchev–Trinajstić information content (AvgIpc) is 2.66. The maximum atomic E-state index is 12.7. The Bertz CT molecular complexity index is 713. The minimum Gasteiger partial charge on any atom is -0.460 e. The Balaban J connectivity index is 2.03. The number of ketones is 1. The highest BCUT2D eigenvalue weighted by molar-refractivity contribution is 5.83. The topological polar surface area (TPSA) is 55.4 Å². The number of hydrogen-bond donors (Lipinski definition) is 1. The molecule has 0 saturated carbocycles. The molecule has 0 aromatic heterocycles. The van der Waals surface area contributed by atoms with Crippen LogP contribution in [0.2, 0.25) is 0 Å². The van der Waals surface area contributed by atoms with Gasteiger partial charge in [-0.1, -0.05) is 74.5 Å². The van der Waals surface area contributed by atoms with Crippen LogP contribution >= 0.6 is 0 Å². The van der Waals surface area contributed by atoms with E-state index in [9.17, 15) is 9.59 Å². The van der Waals surface area contributed by atoms with Gasteiger partial charge in [-0.15, -0.1) is 0 Å². The molecular formula is C23H29NO3. The molecule has 144 valence electrons. The zero-order valence-electron chi connectivity index (χ0n) is 16.4. The molecule has 0 heterocycles. The summed E-state index contributed by atoms with van der Waals surface area (Å²) in [4.78, 5) is 24.8. The van der Waals surface area contributed by atoms with Crippen molar-refractivity contribution in [3.8, 4) is 0 Å². The number of carbonyl (C=O) groups excluding carboxylic acids is 2. The molecule has 4 heteroatoms. The molecule has 1 unspecified atom stereocenters. The van der Waals surface area contributed by atoms with Gasteiger partial charge in [0, 0.05) is 0 Å². The normalized spacial score (nSPS) is 13.2. The first-order valence-corrected chi connectivity index (χ1v) is 9.46. The Labute approximate surface area is 161 Å². The van der Waals surface area contributed by atoms with Crippen LogP contribution in [0.4, 0.5) is 0 Å². The third kappa shape index (κ3) is 7.35. The monoisotopic (exact) mass is 367 g/mol. The fraction of sp³-hybridized carbons (Fsp3) is 0.391. The van der Waals surface area contributed by atoms with Crippen LogP contribution in [0.15, 0.2) is 60.7 Å². The zero-order chi connectivity index (χ0) is 19.6. The minimum absolute atomic E-state index is 0.0171. The van der Waals surface area contributed by atoms with Gasteiger partial charge < -0.3 is 4.74 Å². The van der Waals surface area contributed by atoms with Crippen molar-refractivity contribution >= 4 is 11.8 Å². The van der Waals surface area contributed by atoms with Crippen LogP contribution < -0.4 is 5.32 Å². The second-order valence-corrected chi connectivity index (χ2v) is 7.30. The number of nitrogens with one attached hydrogen (secondary N) is 1. The van der Waals surface area contributed by atoms with Crippen molar-refractivity contribution in [1.29, 1.82) is 0 Å². The van der Waals surface area contributed by atoms with E-state index < -0.39 is 12.1 Å². The SMILES string of the molecule is CC(=O)C(Cc1ccccc1)N[C@@H](CC(C)C)C(=O)OCc1ccccc1. The Morgan fingerprint density at radius 1 is 0.889 bits per heavy atom. The van der Waals surface area contributed by atoms with Gasteiger partial charge in [-0.25, -0.2) is 0 Å². The van der Waals surface area contributed by atoms with E-state index in [1.165, 1.54) is 0 Å². The zero-order valence-corrected chi connectivity index (χ0v) is 16.4. The van der Waals surface area contributed by atoms with E-state index in [2.05, 4.69) is 19.2 Å². The standard InChI is InChI=1S/C23H29NO3/c1-17(2)14-22(23(26)27-16-20-12-8-5-9-13-20)24-21(18(3)25)15-19-10-6-4-7-11-19/h4-13,17,21-22,24H,14-16H2,1-3H3/t21?,22-/m0/s1. The van der Waals surface area contributed by atoms with E-state index in [1.807, 2.05) is 60.7 Å². The smallest absolute Gasteiger partial charge is 0.323 e. The lowest BCUT2D eigenvalue weighted by Gasteiger charge is -2.24. The van der Waals surface area contributed by atoms with Crippen LogP contribution in [0.5, 0.6) is 0 Å². The maximum absolute atomic E-state index is 12.7. The summed E-state index contributed by atoms with van der Waals surface area (Å²) in [6.07, 6.45) is 1.17. The number of hydrogen-bond acceptors (Lipinski definition) is 4. The lowest BCUT2D eigenvalue weighted by Crippen LogP contribution is -2.48. The second kappa shape index (κ2) is 10.6. The van der Waals surface area contributed by atoms with Crippen LogP contribution in [0.3, 0.4) is 0 Å². The molecule has 0 amide bonds. The molecule has 0 aliphatic rings. The quantitative estimate of drug-likeness (QED) is 0.647. The molecule has 0 fully saturated rings. The molecule has 0 spiro atoms. The highest BCUT2D eigenvalue weighted by atomic mass is 16.5. The van der Waals surface area contributed by atoms with Crippen molar-refractivity contribution in [2.75, 3.05) is 0 Å². The van der Waals surface area contributed by atoms with Gasteiger partial charge in [-0.2, -0.15) is 0 Å². The number of carbonyl (C=O) groups is 2. The third-order valence-corrected chi connectivity index (χ3v) is 4.39. The first-order chi connectivity index (χ1) is 13.0. The van der Waals surface area contributed by atoms with E-state index in [-0.39, 0.29) is 18.4 Å². The lowest BCUT2D eigenvalue weighted by molar-refractivity contribution is -0.148. The van der Waals surface area contributed by atoms with Crippen molar-refractivity contribution in [1.82, 2.24) is 5.32 Å². The van der Waals surface area contributed by atoms with Crippen LogP contribution in [0, 0.1) is 5.92 Å². The summed E-state index contributed by atoms with van der Waals surface area (Å²) in [6, 6.07) is 18.5. The second-order valence-electron chi connectivity index (χ2n) is 7.30. The number of rotatable bonds is 10. The molecule has 2 aromatic carbocycles. The first kappa shape index (κ1) is 20.8. The van der Waals surface area contributed by atoms with E-state index in [0.717, 1.165) is 11.1 Å². The summed E-state index contributed by atoms with van der Waals surface area (Å²) in [7, 11) is 0. The number of Topliss-reactive ketones (excluding diaryl/α,β-unsaturated/α-hetero) is 1. The molecule has 0 aliphatic carbocycles. The molecule has 27 heavy (non-hydrogen) atoms. The van der Waals surface area contributed by atoms with Crippen LogP contribution in [0.1, 0.15) is 38.3 Å². The predicted molar refractivity (Wildman–Crippen MR) is 107 cm³/mol. The fourth-order valence-corrected chi connectivity index (χ4v) is 2.95. The van der Waals surface area contributed by atoms with Crippen molar-refractivity contribution in [3.05, 3.63) is 71.8 Å². The van der Waals surface area contributed by atoms with Crippen LogP contribution in [-0.4, -0.2) is 23.8 Å².